The van der Waals surface area contributed by atoms with E-state index in [-0.39, 0.29) is 24.3 Å². The summed E-state index contributed by atoms with van der Waals surface area (Å²) in [6.07, 6.45) is -2.30. The number of halogens is 4. The molecule has 118 valence electrons. The predicted molar refractivity (Wildman–Crippen MR) is 71.6 cm³/mol. The minimum atomic E-state index is -4.60. The molecule has 1 heterocycles. The maximum Gasteiger partial charge on any atom is 0.416 e. The van der Waals surface area contributed by atoms with Gasteiger partial charge in [-0.05, 0) is 42.5 Å². The molecule has 1 aliphatic heterocycles. The van der Waals surface area contributed by atoms with E-state index in [1.165, 1.54) is 5.01 Å². The van der Waals surface area contributed by atoms with Gasteiger partial charge < -0.3 is 0 Å². The number of hydrogen-bond acceptors (Lipinski definition) is 2. The Morgan fingerprint density at radius 3 is 2.59 bits per heavy atom. The van der Waals surface area contributed by atoms with Crippen molar-refractivity contribution in [1.82, 2.24) is 5.01 Å². The Bertz CT molecular complexity index is 635. The van der Waals surface area contributed by atoms with E-state index in [0.717, 1.165) is 25.0 Å². The zero-order chi connectivity index (χ0) is 15.9. The fourth-order valence-electron chi connectivity index (χ4n) is 2.46. The monoisotopic (exact) mass is 314 g/mol. The van der Waals surface area contributed by atoms with Crippen LogP contribution in [0.4, 0.5) is 17.6 Å². The standard InChI is InChI=1S/C15H14F4N2O/c16-12-4-10(3-11(6-12)15(17,18)19)5-13-7-14(22)21(20-13)8-9-1-2-9/h3-4,6,9H,1-2,5,7-8H2. The van der Waals surface area contributed by atoms with Gasteiger partial charge in [-0.3, -0.25) is 4.79 Å². The van der Waals surface area contributed by atoms with Gasteiger partial charge in [0, 0.05) is 13.0 Å². The molecule has 0 bridgehead atoms. The number of hydrogen-bond donors (Lipinski definition) is 0. The Balaban J connectivity index is 1.75. The molecule has 1 aliphatic carbocycles. The van der Waals surface area contributed by atoms with Crippen LogP contribution >= 0.6 is 0 Å². The van der Waals surface area contributed by atoms with E-state index in [9.17, 15) is 22.4 Å². The van der Waals surface area contributed by atoms with Crippen molar-refractivity contribution >= 4 is 11.6 Å². The van der Waals surface area contributed by atoms with Gasteiger partial charge in [-0.25, -0.2) is 9.40 Å². The second kappa shape index (κ2) is 5.37. The number of rotatable bonds is 4. The number of benzene rings is 1. The van der Waals surface area contributed by atoms with E-state index in [2.05, 4.69) is 5.10 Å². The van der Waals surface area contributed by atoms with Crippen LogP contribution in [-0.2, 0) is 17.4 Å². The molecule has 7 heteroatoms. The van der Waals surface area contributed by atoms with Crippen LogP contribution in [0.5, 0.6) is 0 Å². The molecule has 2 aliphatic rings. The van der Waals surface area contributed by atoms with Gasteiger partial charge in [0.15, 0.2) is 0 Å². The second-order valence-electron chi connectivity index (χ2n) is 5.78. The third-order valence-electron chi connectivity index (χ3n) is 3.73. The maximum absolute atomic E-state index is 13.3. The lowest BCUT2D eigenvalue weighted by molar-refractivity contribution is -0.137. The van der Waals surface area contributed by atoms with Crippen molar-refractivity contribution in [3.63, 3.8) is 0 Å². The average Bonchev–Trinajstić information content (AvgIpc) is 3.13. The quantitative estimate of drug-likeness (QED) is 0.784. The summed E-state index contributed by atoms with van der Waals surface area (Å²) in [5.41, 5.74) is -0.376. The summed E-state index contributed by atoms with van der Waals surface area (Å²) in [6, 6.07) is 2.41. The van der Waals surface area contributed by atoms with Gasteiger partial charge in [0.1, 0.15) is 5.82 Å². The summed E-state index contributed by atoms with van der Waals surface area (Å²) in [5, 5.41) is 5.55. The number of nitrogens with zero attached hydrogens (tertiary/aromatic N) is 2. The van der Waals surface area contributed by atoms with E-state index in [1.807, 2.05) is 0 Å². The van der Waals surface area contributed by atoms with Gasteiger partial charge >= 0.3 is 6.18 Å². The van der Waals surface area contributed by atoms with Crippen molar-refractivity contribution in [2.45, 2.75) is 31.9 Å². The summed E-state index contributed by atoms with van der Waals surface area (Å²) in [6.45, 7) is 0.569. The SMILES string of the molecule is O=C1CC(Cc2cc(F)cc(C(F)(F)F)c2)=NN1CC1CC1. The van der Waals surface area contributed by atoms with Gasteiger partial charge in [0.25, 0.3) is 0 Å². The Labute approximate surface area is 124 Å². The highest BCUT2D eigenvalue weighted by molar-refractivity contribution is 6.05. The van der Waals surface area contributed by atoms with Crippen molar-refractivity contribution < 1.29 is 22.4 Å². The Morgan fingerprint density at radius 1 is 1.23 bits per heavy atom. The molecule has 3 rings (SSSR count). The van der Waals surface area contributed by atoms with Gasteiger partial charge in [-0.15, -0.1) is 0 Å². The van der Waals surface area contributed by atoms with Gasteiger partial charge in [-0.2, -0.15) is 18.3 Å². The zero-order valence-electron chi connectivity index (χ0n) is 11.7. The summed E-state index contributed by atoms with van der Waals surface area (Å²) < 4.78 is 51.4. The predicted octanol–water partition coefficient (Wildman–Crippen LogP) is 3.39. The van der Waals surface area contributed by atoms with Crippen LogP contribution in [0.2, 0.25) is 0 Å². The molecule has 1 fully saturated rings. The third kappa shape index (κ3) is 3.45. The minimum absolute atomic E-state index is 0.0494. The summed E-state index contributed by atoms with van der Waals surface area (Å²) in [7, 11) is 0. The molecule has 1 aromatic carbocycles. The molecule has 0 aromatic heterocycles. The van der Waals surface area contributed by atoms with Crippen molar-refractivity contribution in [2.24, 2.45) is 11.0 Å². The summed E-state index contributed by atoms with van der Waals surface area (Å²) in [4.78, 5) is 11.8. The lowest BCUT2D eigenvalue weighted by Crippen LogP contribution is -2.22. The fourth-order valence-corrected chi connectivity index (χ4v) is 2.46. The van der Waals surface area contributed by atoms with E-state index < -0.39 is 17.6 Å². The van der Waals surface area contributed by atoms with Crippen LogP contribution in [0.1, 0.15) is 30.4 Å². The van der Waals surface area contributed by atoms with Crippen LogP contribution < -0.4 is 0 Å². The molecule has 0 unspecified atom stereocenters. The molecule has 0 N–H and O–H groups in total. The smallest absolute Gasteiger partial charge is 0.273 e. The molecule has 0 saturated heterocycles. The lowest BCUT2D eigenvalue weighted by atomic mass is 10.0. The van der Waals surface area contributed by atoms with Crippen LogP contribution in [0, 0.1) is 11.7 Å². The van der Waals surface area contributed by atoms with Crippen molar-refractivity contribution in [2.75, 3.05) is 6.54 Å². The molecule has 1 saturated carbocycles. The second-order valence-corrected chi connectivity index (χ2v) is 5.78. The Hall–Kier alpha value is -1.92. The molecular formula is C15H14F4N2O. The Morgan fingerprint density at radius 2 is 1.95 bits per heavy atom. The van der Waals surface area contributed by atoms with Gasteiger partial charge in [0.2, 0.25) is 5.91 Å². The number of carbonyl (C=O) groups is 1. The molecule has 0 radical (unpaired) electrons. The zero-order valence-corrected chi connectivity index (χ0v) is 11.7. The van der Waals surface area contributed by atoms with E-state index in [4.69, 9.17) is 0 Å². The first-order valence-corrected chi connectivity index (χ1v) is 7.04. The van der Waals surface area contributed by atoms with E-state index in [1.54, 1.807) is 0 Å². The molecule has 0 atom stereocenters. The van der Waals surface area contributed by atoms with Crippen LogP contribution in [-0.4, -0.2) is 23.2 Å². The molecule has 3 nitrogen and oxygen atoms in total. The minimum Gasteiger partial charge on any atom is -0.273 e. The number of amides is 1. The van der Waals surface area contributed by atoms with E-state index >= 15 is 0 Å². The Kier molecular flexibility index (Phi) is 3.66. The highest BCUT2D eigenvalue weighted by Crippen LogP contribution is 2.32. The van der Waals surface area contributed by atoms with Crippen molar-refractivity contribution in [3.8, 4) is 0 Å². The highest BCUT2D eigenvalue weighted by Gasteiger charge is 2.33. The van der Waals surface area contributed by atoms with Crippen LogP contribution in [0.3, 0.4) is 0 Å². The molecule has 1 aromatic rings. The number of hydrazone groups is 1. The highest BCUT2D eigenvalue weighted by atomic mass is 19.4. The summed E-state index contributed by atoms with van der Waals surface area (Å²) >= 11 is 0. The van der Waals surface area contributed by atoms with Crippen molar-refractivity contribution in [3.05, 3.63) is 35.1 Å². The molecular weight excluding hydrogens is 300 g/mol. The van der Waals surface area contributed by atoms with Crippen LogP contribution in [0.25, 0.3) is 0 Å². The van der Waals surface area contributed by atoms with Crippen molar-refractivity contribution in [1.29, 1.82) is 0 Å². The topological polar surface area (TPSA) is 32.7 Å². The normalized spacial score (nSPS) is 18.8. The first-order valence-electron chi connectivity index (χ1n) is 7.04. The van der Waals surface area contributed by atoms with Gasteiger partial charge in [-0.1, -0.05) is 0 Å². The first kappa shape index (κ1) is 15.0. The number of carbonyl (C=O) groups excluding carboxylic acids is 1. The fraction of sp³-hybridized carbons (Fsp3) is 0.467. The molecule has 0 spiro atoms. The first-order chi connectivity index (χ1) is 10.3. The van der Waals surface area contributed by atoms with E-state index in [0.29, 0.717) is 24.2 Å². The van der Waals surface area contributed by atoms with Crippen LogP contribution in [0.15, 0.2) is 23.3 Å². The third-order valence-corrected chi connectivity index (χ3v) is 3.73. The average molecular weight is 314 g/mol. The largest absolute Gasteiger partial charge is 0.416 e. The summed E-state index contributed by atoms with van der Waals surface area (Å²) in [5.74, 6) is -0.600. The molecule has 22 heavy (non-hydrogen) atoms. The molecule has 1 amide bonds. The maximum atomic E-state index is 13.3. The lowest BCUT2D eigenvalue weighted by Gasteiger charge is -2.10. The van der Waals surface area contributed by atoms with Gasteiger partial charge in [0.05, 0.1) is 17.7 Å². The number of alkyl halides is 3.